The lowest BCUT2D eigenvalue weighted by molar-refractivity contribution is -0.132. The van der Waals surface area contributed by atoms with Gasteiger partial charge in [-0.15, -0.1) is 11.3 Å². The third-order valence-electron chi connectivity index (χ3n) is 6.47. The van der Waals surface area contributed by atoms with E-state index in [-0.39, 0.29) is 41.8 Å². The van der Waals surface area contributed by atoms with Crippen LogP contribution in [0.2, 0.25) is 10.0 Å². The predicted molar refractivity (Wildman–Crippen MR) is 155 cm³/mol. The second kappa shape index (κ2) is 13.4. The van der Waals surface area contributed by atoms with Crippen molar-refractivity contribution < 1.29 is 14.4 Å². The van der Waals surface area contributed by atoms with Crippen LogP contribution >= 0.6 is 34.5 Å². The van der Waals surface area contributed by atoms with Crippen molar-refractivity contribution >= 4 is 57.4 Å². The van der Waals surface area contributed by atoms with Crippen LogP contribution in [0, 0.1) is 0 Å². The fourth-order valence-corrected chi connectivity index (χ4v) is 5.33. The minimum absolute atomic E-state index is 0.0238. The summed E-state index contributed by atoms with van der Waals surface area (Å²) in [6, 6.07) is 14.7. The summed E-state index contributed by atoms with van der Waals surface area (Å²) in [6.45, 7) is 7.39. The molecule has 8 nitrogen and oxygen atoms in total. The topological polar surface area (TPSA) is 85.8 Å². The lowest BCUT2D eigenvalue weighted by Gasteiger charge is -2.34. The average Bonchev–Trinajstić information content (AvgIpc) is 3.35. The van der Waals surface area contributed by atoms with E-state index in [0.29, 0.717) is 34.5 Å². The largest absolute Gasteiger partial charge is 0.340 e. The van der Waals surface area contributed by atoms with Crippen LogP contribution in [0.15, 0.2) is 53.9 Å². The summed E-state index contributed by atoms with van der Waals surface area (Å²) in [5.74, 6) is -0.678. The molecular weight excluding hydrogens is 557 g/mol. The number of rotatable bonds is 9. The quantitative estimate of drug-likeness (QED) is 0.387. The molecule has 0 saturated carbocycles. The summed E-state index contributed by atoms with van der Waals surface area (Å²) in [7, 11) is 0. The van der Waals surface area contributed by atoms with Gasteiger partial charge in [0.25, 0.3) is 5.91 Å². The Hall–Kier alpha value is -2.98. The van der Waals surface area contributed by atoms with Gasteiger partial charge in [-0.3, -0.25) is 19.3 Å². The van der Waals surface area contributed by atoms with E-state index in [1.165, 1.54) is 27.9 Å². The minimum atomic E-state index is -0.376. The van der Waals surface area contributed by atoms with Crippen molar-refractivity contribution in [1.82, 2.24) is 19.7 Å². The molecule has 1 N–H and O–H groups in total. The number of thiazole rings is 1. The first-order valence-electron chi connectivity index (χ1n) is 12.7. The normalized spacial score (nSPS) is 13.9. The van der Waals surface area contributed by atoms with E-state index in [2.05, 4.69) is 27.3 Å². The van der Waals surface area contributed by atoms with Gasteiger partial charge < -0.3 is 15.1 Å². The molecule has 0 radical (unpaired) electrons. The second-order valence-electron chi connectivity index (χ2n) is 9.67. The molecule has 1 aliphatic rings. The molecule has 0 unspecified atom stereocenters. The number of hydrogen-bond acceptors (Lipinski definition) is 6. The zero-order chi connectivity index (χ0) is 27.9. The van der Waals surface area contributed by atoms with Crippen molar-refractivity contribution in [2.45, 2.75) is 32.9 Å². The highest BCUT2D eigenvalue weighted by Gasteiger charge is 2.24. The van der Waals surface area contributed by atoms with Crippen molar-refractivity contribution in [2.75, 3.05) is 38.0 Å². The zero-order valence-electron chi connectivity index (χ0n) is 21.9. The first kappa shape index (κ1) is 29.0. The fraction of sp³-hybridized carbons (Fsp3) is 0.357. The van der Waals surface area contributed by atoms with Gasteiger partial charge in [0.05, 0.1) is 22.2 Å². The standard InChI is InChI=1S/C28H31Cl2N5O3S/c1-19(2)35(27(38)21-8-9-23(29)24(30)14-21)17-25(36)32-28-31-22(18-39-28)15-26(37)34-12-10-33(11-13-34)16-20-6-4-3-5-7-20/h3-9,14,18-19H,10-13,15-17H2,1-2H3,(H,31,32,36). The predicted octanol–water partition coefficient (Wildman–Crippen LogP) is 4.83. The lowest BCUT2D eigenvalue weighted by Crippen LogP contribution is -2.48. The summed E-state index contributed by atoms with van der Waals surface area (Å²) in [4.78, 5) is 48.7. The maximum atomic E-state index is 13.0. The van der Waals surface area contributed by atoms with E-state index in [1.807, 2.05) is 36.9 Å². The smallest absolute Gasteiger partial charge is 0.254 e. The number of piperazine rings is 1. The molecule has 206 valence electrons. The van der Waals surface area contributed by atoms with Gasteiger partial charge in [0.2, 0.25) is 11.8 Å². The van der Waals surface area contributed by atoms with Gasteiger partial charge in [-0.25, -0.2) is 4.98 Å². The number of aromatic nitrogens is 1. The molecule has 0 atom stereocenters. The van der Waals surface area contributed by atoms with Crippen molar-refractivity contribution in [3.05, 3.63) is 80.8 Å². The average molecular weight is 589 g/mol. The van der Waals surface area contributed by atoms with Gasteiger partial charge in [-0.1, -0.05) is 53.5 Å². The highest BCUT2D eigenvalue weighted by atomic mass is 35.5. The van der Waals surface area contributed by atoms with E-state index in [4.69, 9.17) is 23.2 Å². The molecular formula is C28H31Cl2N5O3S. The van der Waals surface area contributed by atoms with Gasteiger partial charge in [0.1, 0.15) is 6.54 Å². The van der Waals surface area contributed by atoms with Crippen molar-refractivity contribution in [3.63, 3.8) is 0 Å². The minimum Gasteiger partial charge on any atom is -0.340 e. The first-order valence-corrected chi connectivity index (χ1v) is 14.4. The molecule has 11 heteroatoms. The molecule has 1 aromatic heterocycles. The first-order chi connectivity index (χ1) is 18.7. The maximum absolute atomic E-state index is 13.0. The van der Waals surface area contributed by atoms with E-state index in [0.717, 1.165) is 19.6 Å². The Balaban J connectivity index is 1.26. The van der Waals surface area contributed by atoms with Crippen LogP contribution in [-0.4, -0.2) is 76.2 Å². The highest BCUT2D eigenvalue weighted by molar-refractivity contribution is 7.13. The molecule has 0 aliphatic carbocycles. The summed E-state index contributed by atoms with van der Waals surface area (Å²) >= 11 is 13.3. The summed E-state index contributed by atoms with van der Waals surface area (Å²) in [5, 5.41) is 5.55. The van der Waals surface area contributed by atoms with Crippen LogP contribution < -0.4 is 5.32 Å². The summed E-state index contributed by atoms with van der Waals surface area (Å²) in [6.07, 6.45) is 0.180. The fourth-order valence-electron chi connectivity index (χ4n) is 4.31. The Labute approximate surface area is 242 Å². The van der Waals surface area contributed by atoms with Crippen molar-refractivity contribution in [3.8, 4) is 0 Å². The molecule has 0 bridgehead atoms. The Morgan fingerprint density at radius 2 is 1.74 bits per heavy atom. The van der Waals surface area contributed by atoms with Gasteiger partial charge in [0.15, 0.2) is 5.13 Å². The maximum Gasteiger partial charge on any atom is 0.254 e. The van der Waals surface area contributed by atoms with E-state index < -0.39 is 0 Å². The molecule has 1 aliphatic heterocycles. The SMILES string of the molecule is CC(C)N(CC(=O)Nc1nc(CC(=O)N2CCN(Cc3ccccc3)CC2)cs1)C(=O)c1ccc(Cl)c(Cl)c1. The molecule has 1 fully saturated rings. The number of amides is 3. The van der Waals surface area contributed by atoms with Gasteiger partial charge in [-0.05, 0) is 37.6 Å². The van der Waals surface area contributed by atoms with Crippen LogP contribution in [0.4, 0.5) is 5.13 Å². The molecule has 39 heavy (non-hydrogen) atoms. The van der Waals surface area contributed by atoms with E-state index >= 15 is 0 Å². The lowest BCUT2D eigenvalue weighted by atomic mass is 10.1. The van der Waals surface area contributed by atoms with E-state index in [1.54, 1.807) is 17.5 Å². The number of halogens is 2. The van der Waals surface area contributed by atoms with Crippen LogP contribution in [0.25, 0.3) is 0 Å². The van der Waals surface area contributed by atoms with Crippen molar-refractivity contribution in [2.24, 2.45) is 0 Å². The van der Waals surface area contributed by atoms with Gasteiger partial charge in [0, 0.05) is 49.7 Å². The Morgan fingerprint density at radius 1 is 1.03 bits per heavy atom. The van der Waals surface area contributed by atoms with Gasteiger partial charge in [-0.2, -0.15) is 0 Å². The molecule has 3 aromatic rings. The van der Waals surface area contributed by atoms with Gasteiger partial charge >= 0.3 is 0 Å². The number of carbonyl (C=O) groups excluding carboxylic acids is 3. The molecule has 0 spiro atoms. The number of nitrogens with zero attached hydrogens (tertiary/aromatic N) is 4. The Kier molecular flexibility index (Phi) is 9.96. The van der Waals surface area contributed by atoms with Crippen LogP contribution in [0.3, 0.4) is 0 Å². The molecule has 3 amide bonds. The Morgan fingerprint density at radius 3 is 2.41 bits per heavy atom. The highest BCUT2D eigenvalue weighted by Crippen LogP contribution is 2.24. The number of nitrogens with one attached hydrogen (secondary N) is 1. The van der Waals surface area contributed by atoms with Crippen LogP contribution in [-0.2, 0) is 22.6 Å². The van der Waals surface area contributed by atoms with Crippen molar-refractivity contribution in [1.29, 1.82) is 0 Å². The number of benzene rings is 2. The monoisotopic (exact) mass is 587 g/mol. The number of hydrogen-bond donors (Lipinski definition) is 1. The molecule has 1 saturated heterocycles. The molecule has 2 aromatic carbocycles. The third-order valence-corrected chi connectivity index (χ3v) is 8.01. The van der Waals surface area contributed by atoms with Crippen LogP contribution in [0.5, 0.6) is 0 Å². The number of anilines is 1. The van der Waals surface area contributed by atoms with Crippen LogP contribution in [0.1, 0.15) is 35.5 Å². The third kappa shape index (κ3) is 8.02. The molecule has 4 rings (SSSR count). The van der Waals surface area contributed by atoms with E-state index in [9.17, 15) is 14.4 Å². The second-order valence-corrected chi connectivity index (χ2v) is 11.3. The molecule has 2 heterocycles. The number of carbonyl (C=O) groups is 3. The summed E-state index contributed by atoms with van der Waals surface area (Å²) < 4.78 is 0. The summed E-state index contributed by atoms with van der Waals surface area (Å²) in [5.41, 5.74) is 2.23. The zero-order valence-corrected chi connectivity index (χ0v) is 24.2. The Bertz CT molecular complexity index is 1310.